The third-order valence-corrected chi connectivity index (χ3v) is 3.64. The summed E-state index contributed by atoms with van der Waals surface area (Å²) in [5.74, 6) is -0.0878. The van der Waals surface area contributed by atoms with E-state index in [1.54, 1.807) is 0 Å². The largest absolute Gasteiger partial charge is 0.504 e. The van der Waals surface area contributed by atoms with Gasteiger partial charge in [-0.15, -0.1) is 0 Å². The molecular weight excluding hydrogens is 292 g/mol. The Labute approximate surface area is 127 Å². The molecule has 0 radical (unpaired) electrons. The van der Waals surface area contributed by atoms with E-state index in [2.05, 4.69) is 0 Å². The van der Waals surface area contributed by atoms with E-state index < -0.39 is 12.1 Å². The van der Waals surface area contributed by atoms with Crippen LogP contribution in [0.2, 0.25) is 0 Å². The van der Waals surface area contributed by atoms with E-state index >= 15 is 0 Å². The zero-order valence-electron chi connectivity index (χ0n) is 12.1. The van der Waals surface area contributed by atoms with Gasteiger partial charge in [0.2, 0.25) is 0 Å². The van der Waals surface area contributed by atoms with Gasteiger partial charge < -0.3 is 25.0 Å². The lowest BCUT2D eigenvalue weighted by Gasteiger charge is -2.28. The first-order valence-corrected chi connectivity index (χ1v) is 6.81. The molecule has 1 heterocycles. The summed E-state index contributed by atoms with van der Waals surface area (Å²) in [6, 6.07) is 2.76. The summed E-state index contributed by atoms with van der Waals surface area (Å²) in [6.45, 7) is 0.170. The summed E-state index contributed by atoms with van der Waals surface area (Å²) in [5, 5.41) is 28.4. The second-order valence-corrected chi connectivity index (χ2v) is 4.93. The number of phenolic OH excluding ortho intramolecular Hbond substituents is 1. The maximum Gasteiger partial charge on any atom is 0.420 e. The third-order valence-electron chi connectivity index (χ3n) is 3.64. The standard InChI is InChI=1S/C14H18N2O6/c1-22-12-5-4-9(7-11(12)18)16(14(20)21)13(19)15-6-2-3-10(15)8-17/h4-5,7,10,17-18H,2-3,6,8H2,1H3,(H,20,21). The van der Waals surface area contributed by atoms with Gasteiger partial charge in [-0.3, -0.25) is 0 Å². The highest BCUT2D eigenvalue weighted by atomic mass is 16.5. The van der Waals surface area contributed by atoms with Crippen LogP contribution in [0.3, 0.4) is 0 Å². The normalized spacial score (nSPS) is 17.4. The Kier molecular flexibility index (Phi) is 4.71. The molecule has 22 heavy (non-hydrogen) atoms. The van der Waals surface area contributed by atoms with Crippen LogP contribution in [-0.2, 0) is 0 Å². The Balaban J connectivity index is 2.32. The number of likely N-dealkylation sites (tertiary alicyclic amines) is 1. The van der Waals surface area contributed by atoms with Crippen LogP contribution in [0.25, 0.3) is 0 Å². The van der Waals surface area contributed by atoms with Crippen molar-refractivity contribution in [3.63, 3.8) is 0 Å². The molecule has 0 spiro atoms. The molecule has 1 unspecified atom stereocenters. The number of ether oxygens (including phenoxy) is 1. The highest BCUT2D eigenvalue weighted by Gasteiger charge is 2.35. The fourth-order valence-corrected chi connectivity index (χ4v) is 2.53. The van der Waals surface area contributed by atoms with Crippen LogP contribution in [0.1, 0.15) is 12.8 Å². The lowest BCUT2D eigenvalue weighted by atomic mass is 10.2. The number of methoxy groups -OCH3 is 1. The highest BCUT2D eigenvalue weighted by molar-refractivity contribution is 6.11. The minimum atomic E-state index is -1.46. The molecule has 0 saturated carbocycles. The van der Waals surface area contributed by atoms with E-state index in [0.29, 0.717) is 24.3 Å². The van der Waals surface area contributed by atoms with E-state index in [4.69, 9.17) is 4.74 Å². The molecular formula is C14H18N2O6. The van der Waals surface area contributed by atoms with Crippen molar-refractivity contribution in [3.8, 4) is 11.5 Å². The van der Waals surface area contributed by atoms with Gasteiger partial charge in [-0.25, -0.2) is 9.59 Å². The summed E-state index contributed by atoms with van der Waals surface area (Å²) in [5.41, 5.74) is 0.0133. The lowest BCUT2D eigenvalue weighted by molar-refractivity contribution is 0.157. The monoisotopic (exact) mass is 310 g/mol. The number of phenols is 1. The number of hydrogen-bond donors (Lipinski definition) is 3. The van der Waals surface area contributed by atoms with Crippen molar-refractivity contribution in [2.24, 2.45) is 0 Å². The van der Waals surface area contributed by atoms with E-state index in [9.17, 15) is 24.9 Å². The number of carbonyl (C=O) groups excluding carboxylic acids is 1. The van der Waals surface area contributed by atoms with Gasteiger partial charge in [-0.2, -0.15) is 4.90 Å². The topological polar surface area (TPSA) is 111 Å². The number of nitrogens with zero attached hydrogens (tertiary/aromatic N) is 2. The van der Waals surface area contributed by atoms with Crippen molar-refractivity contribution in [1.82, 2.24) is 4.90 Å². The van der Waals surface area contributed by atoms with Gasteiger partial charge in [0.05, 0.1) is 25.4 Å². The average molecular weight is 310 g/mol. The second kappa shape index (κ2) is 6.52. The minimum absolute atomic E-state index is 0.0133. The van der Waals surface area contributed by atoms with Crippen LogP contribution in [0.15, 0.2) is 18.2 Å². The number of carboxylic acid groups (broad SMARTS) is 1. The quantitative estimate of drug-likeness (QED) is 0.779. The molecule has 1 aliphatic rings. The Morgan fingerprint density at radius 3 is 2.73 bits per heavy atom. The lowest BCUT2D eigenvalue weighted by Crippen LogP contribution is -2.48. The van der Waals surface area contributed by atoms with Crippen molar-refractivity contribution in [3.05, 3.63) is 18.2 Å². The van der Waals surface area contributed by atoms with Gasteiger partial charge in [0.15, 0.2) is 11.5 Å². The first kappa shape index (κ1) is 15.9. The predicted octanol–water partition coefficient (Wildman–Crippen LogP) is 1.46. The molecule has 1 aliphatic heterocycles. The zero-order valence-corrected chi connectivity index (χ0v) is 12.1. The zero-order chi connectivity index (χ0) is 16.3. The van der Waals surface area contributed by atoms with Crippen molar-refractivity contribution < 1.29 is 29.6 Å². The number of aliphatic hydroxyl groups excluding tert-OH is 1. The Bertz CT molecular complexity index is 576. The second-order valence-electron chi connectivity index (χ2n) is 4.93. The molecule has 1 fully saturated rings. The van der Waals surface area contributed by atoms with Crippen LogP contribution >= 0.6 is 0 Å². The fraction of sp³-hybridized carbons (Fsp3) is 0.429. The molecule has 1 aromatic rings. The minimum Gasteiger partial charge on any atom is -0.504 e. The third kappa shape index (κ3) is 2.91. The van der Waals surface area contributed by atoms with Gasteiger partial charge in [-0.1, -0.05) is 0 Å². The van der Waals surface area contributed by atoms with Crippen LogP contribution in [0.4, 0.5) is 15.3 Å². The van der Waals surface area contributed by atoms with Crippen LogP contribution in [0, 0.1) is 0 Å². The predicted molar refractivity (Wildman–Crippen MR) is 77.4 cm³/mol. The molecule has 1 atom stereocenters. The number of amides is 3. The number of benzene rings is 1. The number of imide groups is 1. The summed E-state index contributed by atoms with van der Waals surface area (Å²) in [6.07, 6.45) is -0.125. The molecule has 1 aromatic carbocycles. The first-order chi connectivity index (χ1) is 10.5. The molecule has 3 amide bonds. The molecule has 1 saturated heterocycles. The smallest absolute Gasteiger partial charge is 0.420 e. The molecule has 2 rings (SSSR count). The molecule has 0 bridgehead atoms. The number of aliphatic hydroxyl groups is 1. The van der Waals surface area contributed by atoms with Crippen molar-refractivity contribution in [2.75, 3.05) is 25.2 Å². The molecule has 0 aliphatic carbocycles. The Hall–Kier alpha value is -2.48. The summed E-state index contributed by atoms with van der Waals surface area (Å²) >= 11 is 0. The van der Waals surface area contributed by atoms with Crippen LogP contribution < -0.4 is 9.64 Å². The Morgan fingerprint density at radius 1 is 1.45 bits per heavy atom. The van der Waals surface area contributed by atoms with E-state index in [0.717, 1.165) is 6.07 Å². The Morgan fingerprint density at radius 2 is 2.18 bits per heavy atom. The van der Waals surface area contributed by atoms with Gasteiger partial charge in [-0.05, 0) is 25.0 Å². The van der Waals surface area contributed by atoms with E-state index in [1.165, 1.54) is 24.1 Å². The molecule has 3 N–H and O–H groups in total. The SMILES string of the molecule is COc1ccc(N(C(=O)O)C(=O)N2CCCC2CO)cc1O. The average Bonchev–Trinajstić information content (AvgIpc) is 2.95. The fourth-order valence-electron chi connectivity index (χ4n) is 2.53. The maximum absolute atomic E-state index is 12.5. The summed E-state index contributed by atoms with van der Waals surface area (Å²) in [7, 11) is 1.37. The number of aromatic hydroxyl groups is 1. The highest BCUT2D eigenvalue weighted by Crippen LogP contribution is 2.31. The molecule has 8 nitrogen and oxygen atoms in total. The maximum atomic E-state index is 12.5. The van der Waals surface area contributed by atoms with E-state index in [-0.39, 0.29) is 29.8 Å². The summed E-state index contributed by atoms with van der Waals surface area (Å²) < 4.78 is 4.89. The number of anilines is 1. The summed E-state index contributed by atoms with van der Waals surface area (Å²) in [4.78, 5) is 25.8. The van der Waals surface area contributed by atoms with Crippen molar-refractivity contribution in [1.29, 1.82) is 0 Å². The van der Waals surface area contributed by atoms with Gasteiger partial charge in [0, 0.05) is 12.6 Å². The number of carbonyl (C=O) groups is 2. The number of hydrogen-bond acceptors (Lipinski definition) is 5. The van der Waals surface area contributed by atoms with Crippen molar-refractivity contribution >= 4 is 17.8 Å². The number of rotatable bonds is 3. The van der Waals surface area contributed by atoms with Crippen LogP contribution in [-0.4, -0.2) is 58.6 Å². The van der Waals surface area contributed by atoms with Crippen molar-refractivity contribution in [2.45, 2.75) is 18.9 Å². The van der Waals surface area contributed by atoms with E-state index in [1.807, 2.05) is 0 Å². The van der Waals surface area contributed by atoms with Crippen LogP contribution in [0.5, 0.6) is 11.5 Å². The molecule has 120 valence electrons. The number of urea groups is 1. The first-order valence-electron chi connectivity index (χ1n) is 6.81. The van der Waals surface area contributed by atoms with Gasteiger partial charge >= 0.3 is 12.1 Å². The van der Waals surface area contributed by atoms with Gasteiger partial charge in [0.1, 0.15) is 0 Å². The van der Waals surface area contributed by atoms with Gasteiger partial charge in [0.25, 0.3) is 0 Å². The molecule has 0 aromatic heterocycles. The molecule has 8 heteroatoms.